The predicted octanol–water partition coefficient (Wildman–Crippen LogP) is 2.77. The number of aromatic nitrogens is 4. The van der Waals surface area contributed by atoms with Crippen molar-refractivity contribution in [3.8, 4) is 0 Å². The van der Waals surface area contributed by atoms with Gasteiger partial charge in [0.25, 0.3) is 0 Å². The lowest BCUT2D eigenvalue weighted by molar-refractivity contribution is 0.445. The summed E-state index contributed by atoms with van der Waals surface area (Å²) in [5.74, 6) is 0.549. The Labute approximate surface area is 153 Å². The van der Waals surface area contributed by atoms with Crippen LogP contribution in [0.25, 0.3) is 11.0 Å². The van der Waals surface area contributed by atoms with Gasteiger partial charge in [0.15, 0.2) is 0 Å². The van der Waals surface area contributed by atoms with Crippen LogP contribution in [0.1, 0.15) is 42.6 Å². The second kappa shape index (κ2) is 6.36. The zero-order valence-corrected chi connectivity index (χ0v) is 15.1. The van der Waals surface area contributed by atoms with Gasteiger partial charge < -0.3 is 15.2 Å². The van der Waals surface area contributed by atoms with Crippen molar-refractivity contribution in [1.82, 2.24) is 25.3 Å². The summed E-state index contributed by atoms with van der Waals surface area (Å²) in [6.07, 6.45) is 8.92. The molecule has 0 spiro atoms. The Kier molecular flexibility index (Phi) is 3.85. The quantitative estimate of drug-likeness (QED) is 0.745. The fourth-order valence-corrected chi connectivity index (χ4v) is 4.50. The molecule has 6 heteroatoms. The number of aromatic amines is 1. The Morgan fingerprint density at radius 1 is 1.12 bits per heavy atom. The smallest absolute Gasteiger partial charge is 0.139 e. The topological polar surface area (TPSA) is 69.7 Å². The first-order valence-electron chi connectivity index (χ1n) is 9.53. The lowest BCUT2D eigenvalue weighted by atomic mass is 9.88. The van der Waals surface area contributed by atoms with Crippen molar-refractivity contribution in [1.29, 1.82) is 0 Å². The molecule has 3 aromatic rings. The minimum atomic E-state index is 0.402. The molecule has 3 aromatic heterocycles. The second-order valence-electron chi connectivity index (χ2n) is 7.46. The highest BCUT2D eigenvalue weighted by Crippen LogP contribution is 2.35. The van der Waals surface area contributed by atoms with Gasteiger partial charge in [-0.15, -0.1) is 0 Å². The molecule has 2 aliphatic rings. The molecule has 1 atom stereocenters. The van der Waals surface area contributed by atoms with E-state index in [1.54, 1.807) is 6.33 Å². The third kappa shape index (κ3) is 2.56. The van der Waals surface area contributed by atoms with Crippen LogP contribution >= 0.6 is 0 Å². The molecule has 0 radical (unpaired) electrons. The van der Waals surface area contributed by atoms with E-state index in [1.165, 1.54) is 28.0 Å². The van der Waals surface area contributed by atoms with E-state index in [2.05, 4.69) is 44.2 Å². The molecule has 2 aliphatic heterocycles. The Balaban J connectivity index is 1.56. The number of hydrogen-bond acceptors (Lipinski definition) is 5. The minimum Gasteiger partial charge on any atom is -0.363 e. The molecule has 0 unspecified atom stereocenters. The van der Waals surface area contributed by atoms with E-state index in [9.17, 15) is 0 Å². The second-order valence-corrected chi connectivity index (χ2v) is 7.46. The molecule has 1 saturated heterocycles. The largest absolute Gasteiger partial charge is 0.363 e. The zero-order valence-electron chi connectivity index (χ0n) is 15.1. The lowest BCUT2D eigenvalue weighted by Gasteiger charge is -2.38. The van der Waals surface area contributed by atoms with E-state index in [-0.39, 0.29) is 0 Å². The SMILES string of the molecule is C[C@@H]1Cc2ncnc(C3CCNCC3)c2CN1c1ccnc2[nH]ccc12. The molecule has 26 heavy (non-hydrogen) atoms. The summed E-state index contributed by atoms with van der Waals surface area (Å²) in [5.41, 5.74) is 6.04. The van der Waals surface area contributed by atoms with Crippen LogP contribution in [0.5, 0.6) is 0 Å². The van der Waals surface area contributed by atoms with Crippen molar-refractivity contribution in [2.24, 2.45) is 0 Å². The average molecular weight is 348 g/mol. The maximum atomic E-state index is 4.74. The highest BCUT2D eigenvalue weighted by atomic mass is 15.2. The zero-order chi connectivity index (χ0) is 17.5. The van der Waals surface area contributed by atoms with E-state index in [1.807, 2.05) is 12.4 Å². The molecule has 5 heterocycles. The van der Waals surface area contributed by atoms with Crippen LogP contribution in [-0.2, 0) is 13.0 Å². The fraction of sp³-hybridized carbons (Fsp3) is 0.450. The van der Waals surface area contributed by atoms with Gasteiger partial charge in [0.05, 0.1) is 11.4 Å². The maximum absolute atomic E-state index is 4.74. The third-order valence-electron chi connectivity index (χ3n) is 5.89. The standard InChI is InChI=1S/C20H24N6/c1-13-10-17-16(19(25-12-24-17)14-2-6-21-7-3-14)11-26(13)18-5-9-23-20-15(18)4-8-22-20/h4-5,8-9,12-14,21H,2-3,6-7,10-11H2,1H3,(H,22,23)/t13-/m1/s1. The van der Waals surface area contributed by atoms with Crippen LogP contribution in [0.2, 0.25) is 0 Å². The van der Waals surface area contributed by atoms with Gasteiger partial charge in [0.1, 0.15) is 12.0 Å². The summed E-state index contributed by atoms with van der Waals surface area (Å²) >= 11 is 0. The minimum absolute atomic E-state index is 0.402. The molecular formula is C20H24N6. The molecule has 0 bridgehead atoms. The van der Waals surface area contributed by atoms with Gasteiger partial charge in [-0.25, -0.2) is 15.0 Å². The first-order valence-corrected chi connectivity index (χ1v) is 9.53. The molecule has 0 aliphatic carbocycles. The molecular weight excluding hydrogens is 324 g/mol. The van der Waals surface area contributed by atoms with Crippen molar-refractivity contribution in [2.75, 3.05) is 18.0 Å². The molecule has 1 fully saturated rings. The van der Waals surface area contributed by atoms with Gasteiger partial charge in [-0.1, -0.05) is 0 Å². The van der Waals surface area contributed by atoms with E-state index < -0.39 is 0 Å². The van der Waals surface area contributed by atoms with Crippen molar-refractivity contribution in [2.45, 2.75) is 44.7 Å². The highest BCUT2D eigenvalue weighted by Gasteiger charge is 2.30. The fourth-order valence-electron chi connectivity index (χ4n) is 4.50. The monoisotopic (exact) mass is 348 g/mol. The van der Waals surface area contributed by atoms with E-state index in [4.69, 9.17) is 4.98 Å². The number of nitrogens with zero attached hydrogens (tertiary/aromatic N) is 4. The molecule has 6 nitrogen and oxygen atoms in total. The number of fused-ring (bicyclic) bond motifs is 2. The molecule has 134 valence electrons. The number of H-pyrrole nitrogens is 1. The molecule has 0 saturated carbocycles. The Morgan fingerprint density at radius 2 is 2.00 bits per heavy atom. The van der Waals surface area contributed by atoms with Gasteiger partial charge in [-0.2, -0.15) is 0 Å². The van der Waals surface area contributed by atoms with Crippen LogP contribution in [0.4, 0.5) is 5.69 Å². The van der Waals surface area contributed by atoms with Crippen molar-refractivity contribution >= 4 is 16.7 Å². The molecule has 5 rings (SSSR count). The number of anilines is 1. The number of hydrogen-bond donors (Lipinski definition) is 2. The summed E-state index contributed by atoms with van der Waals surface area (Å²) in [5, 5.41) is 4.64. The van der Waals surface area contributed by atoms with Crippen LogP contribution in [0.15, 0.2) is 30.9 Å². The number of piperidine rings is 1. The summed E-state index contributed by atoms with van der Waals surface area (Å²) in [7, 11) is 0. The van der Waals surface area contributed by atoms with Crippen LogP contribution in [0.3, 0.4) is 0 Å². The number of nitrogens with one attached hydrogen (secondary N) is 2. The Bertz CT molecular complexity index is 927. The summed E-state index contributed by atoms with van der Waals surface area (Å²) in [4.78, 5) is 19.5. The maximum Gasteiger partial charge on any atom is 0.139 e. The summed E-state index contributed by atoms with van der Waals surface area (Å²) in [6, 6.07) is 4.65. The van der Waals surface area contributed by atoms with Gasteiger partial charge >= 0.3 is 0 Å². The number of pyridine rings is 1. The van der Waals surface area contributed by atoms with Crippen LogP contribution in [-0.4, -0.2) is 39.1 Å². The van der Waals surface area contributed by atoms with Crippen molar-refractivity contribution in [3.05, 3.63) is 47.8 Å². The Morgan fingerprint density at radius 3 is 2.88 bits per heavy atom. The molecule has 2 N–H and O–H groups in total. The Hall–Kier alpha value is -2.47. The van der Waals surface area contributed by atoms with Crippen molar-refractivity contribution in [3.63, 3.8) is 0 Å². The normalized spacial score (nSPS) is 21.1. The van der Waals surface area contributed by atoms with Crippen molar-refractivity contribution < 1.29 is 0 Å². The highest BCUT2D eigenvalue weighted by molar-refractivity contribution is 5.90. The van der Waals surface area contributed by atoms with Gasteiger partial charge in [-0.05, 0) is 45.0 Å². The lowest BCUT2D eigenvalue weighted by Crippen LogP contribution is -2.40. The van der Waals surface area contributed by atoms with E-state index in [0.29, 0.717) is 12.0 Å². The first-order chi connectivity index (χ1) is 12.8. The summed E-state index contributed by atoms with van der Waals surface area (Å²) in [6.45, 7) is 5.32. The van der Waals surface area contributed by atoms with E-state index >= 15 is 0 Å². The summed E-state index contributed by atoms with van der Waals surface area (Å²) < 4.78 is 0. The van der Waals surface area contributed by atoms with Crippen LogP contribution in [0, 0.1) is 0 Å². The number of rotatable bonds is 2. The average Bonchev–Trinajstić information content (AvgIpc) is 3.16. The van der Waals surface area contributed by atoms with Gasteiger partial charge in [0, 0.05) is 54.0 Å². The van der Waals surface area contributed by atoms with Gasteiger partial charge in [0.2, 0.25) is 0 Å². The van der Waals surface area contributed by atoms with Gasteiger partial charge in [-0.3, -0.25) is 0 Å². The third-order valence-corrected chi connectivity index (χ3v) is 5.89. The van der Waals surface area contributed by atoms with E-state index in [0.717, 1.165) is 44.5 Å². The first kappa shape index (κ1) is 15.8. The molecule has 0 amide bonds. The predicted molar refractivity (Wildman–Crippen MR) is 102 cm³/mol. The molecule has 0 aromatic carbocycles. The van der Waals surface area contributed by atoms with Crippen LogP contribution < -0.4 is 10.2 Å².